The number of hydrogen-bond donors (Lipinski definition) is 1. The minimum Gasteiger partial charge on any atom is -0.396 e. The first-order valence-corrected chi connectivity index (χ1v) is 4.13. The third-order valence-corrected chi connectivity index (χ3v) is 1.82. The molecule has 1 fully saturated rings. The average molecular weight is 160 g/mol. The first-order valence-electron chi connectivity index (χ1n) is 4.13. The summed E-state index contributed by atoms with van der Waals surface area (Å²) >= 11 is 0. The van der Waals surface area contributed by atoms with E-state index in [-0.39, 0.29) is 18.6 Å². The number of ether oxygens (including phenoxy) is 2. The lowest BCUT2D eigenvalue weighted by molar-refractivity contribution is 0.0141. The van der Waals surface area contributed by atoms with E-state index in [0.29, 0.717) is 6.61 Å². The van der Waals surface area contributed by atoms with Crippen molar-refractivity contribution in [3.63, 3.8) is 0 Å². The van der Waals surface area contributed by atoms with Crippen LogP contribution in [-0.4, -0.2) is 37.6 Å². The molecule has 1 aliphatic rings. The standard InChI is InChI=1S/C8H16O3/c1-7(4-9)5-11-8-2-3-10-6-8/h7-9H,2-6H2,1H3. The normalized spacial score (nSPS) is 27.3. The monoisotopic (exact) mass is 160 g/mol. The van der Waals surface area contributed by atoms with Gasteiger partial charge in [0.25, 0.3) is 0 Å². The molecule has 1 aliphatic heterocycles. The fourth-order valence-electron chi connectivity index (χ4n) is 0.997. The lowest BCUT2D eigenvalue weighted by Gasteiger charge is -2.12. The number of aliphatic hydroxyl groups excluding tert-OH is 1. The van der Waals surface area contributed by atoms with Crippen LogP contribution in [0.15, 0.2) is 0 Å². The molecule has 0 aliphatic carbocycles. The molecular weight excluding hydrogens is 144 g/mol. The van der Waals surface area contributed by atoms with Crippen molar-refractivity contribution >= 4 is 0 Å². The van der Waals surface area contributed by atoms with E-state index in [9.17, 15) is 0 Å². The highest BCUT2D eigenvalue weighted by molar-refractivity contribution is 4.63. The molecule has 66 valence electrons. The van der Waals surface area contributed by atoms with Crippen molar-refractivity contribution in [1.82, 2.24) is 0 Å². The van der Waals surface area contributed by atoms with Crippen LogP contribution in [0.1, 0.15) is 13.3 Å². The van der Waals surface area contributed by atoms with Gasteiger partial charge >= 0.3 is 0 Å². The summed E-state index contributed by atoms with van der Waals surface area (Å²) in [5.74, 6) is 0.246. The van der Waals surface area contributed by atoms with Crippen molar-refractivity contribution in [1.29, 1.82) is 0 Å². The Labute approximate surface area is 67.3 Å². The molecule has 2 atom stereocenters. The van der Waals surface area contributed by atoms with Crippen molar-refractivity contribution < 1.29 is 14.6 Å². The van der Waals surface area contributed by atoms with Crippen molar-refractivity contribution in [3.8, 4) is 0 Å². The zero-order chi connectivity index (χ0) is 8.10. The molecule has 1 heterocycles. The molecule has 3 nitrogen and oxygen atoms in total. The topological polar surface area (TPSA) is 38.7 Å². The first kappa shape index (κ1) is 8.97. The Bertz CT molecular complexity index is 99.5. The predicted molar refractivity (Wildman–Crippen MR) is 41.4 cm³/mol. The largest absolute Gasteiger partial charge is 0.396 e. The summed E-state index contributed by atoms with van der Waals surface area (Å²) in [5, 5.41) is 8.70. The lowest BCUT2D eigenvalue weighted by atomic mass is 10.2. The lowest BCUT2D eigenvalue weighted by Crippen LogP contribution is -2.18. The van der Waals surface area contributed by atoms with E-state index >= 15 is 0 Å². The molecule has 1 rings (SSSR count). The molecule has 3 heteroatoms. The first-order chi connectivity index (χ1) is 5.33. The summed E-state index contributed by atoms with van der Waals surface area (Å²) in [4.78, 5) is 0. The quantitative estimate of drug-likeness (QED) is 0.647. The van der Waals surface area contributed by atoms with Crippen molar-refractivity contribution in [2.24, 2.45) is 5.92 Å². The highest BCUT2D eigenvalue weighted by Gasteiger charge is 2.16. The number of aliphatic hydroxyl groups is 1. The van der Waals surface area contributed by atoms with Crippen LogP contribution in [0.5, 0.6) is 0 Å². The summed E-state index contributed by atoms with van der Waals surface area (Å²) in [5.41, 5.74) is 0. The molecule has 1 saturated heterocycles. The van der Waals surface area contributed by atoms with Crippen LogP contribution in [0.4, 0.5) is 0 Å². The van der Waals surface area contributed by atoms with Gasteiger partial charge in [-0.25, -0.2) is 0 Å². The Hall–Kier alpha value is -0.120. The van der Waals surface area contributed by atoms with Gasteiger partial charge in [0.1, 0.15) is 0 Å². The predicted octanol–water partition coefficient (Wildman–Crippen LogP) is 0.420. The third kappa shape index (κ3) is 3.18. The van der Waals surface area contributed by atoms with Crippen LogP contribution < -0.4 is 0 Å². The average Bonchev–Trinajstić information content (AvgIpc) is 2.52. The van der Waals surface area contributed by atoms with Gasteiger partial charge in [0.15, 0.2) is 0 Å². The fraction of sp³-hybridized carbons (Fsp3) is 1.00. The molecule has 0 spiro atoms. The molecule has 11 heavy (non-hydrogen) atoms. The van der Waals surface area contributed by atoms with E-state index < -0.39 is 0 Å². The second-order valence-electron chi connectivity index (χ2n) is 3.11. The van der Waals surface area contributed by atoms with Gasteiger partial charge in [-0.3, -0.25) is 0 Å². The maximum Gasteiger partial charge on any atom is 0.0830 e. The molecule has 0 saturated carbocycles. The van der Waals surface area contributed by atoms with Crippen LogP contribution in [0, 0.1) is 5.92 Å². The zero-order valence-corrected chi connectivity index (χ0v) is 6.95. The summed E-state index contributed by atoms with van der Waals surface area (Å²) in [6.07, 6.45) is 1.27. The van der Waals surface area contributed by atoms with Gasteiger partial charge in [0.2, 0.25) is 0 Å². The molecule has 2 unspecified atom stereocenters. The summed E-state index contributed by atoms with van der Waals surface area (Å²) in [6, 6.07) is 0. The molecule has 0 aromatic carbocycles. The molecule has 0 aromatic rings. The van der Waals surface area contributed by atoms with Gasteiger partial charge in [0, 0.05) is 19.1 Å². The van der Waals surface area contributed by atoms with Crippen molar-refractivity contribution in [2.45, 2.75) is 19.4 Å². The van der Waals surface area contributed by atoms with E-state index in [2.05, 4.69) is 0 Å². The third-order valence-electron chi connectivity index (χ3n) is 1.82. The number of rotatable bonds is 4. The summed E-state index contributed by atoms with van der Waals surface area (Å²) < 4.78 is 10.6. The maximum absolute atomic E-state index is 8.70. The van der Waals surface area contributed by atoms with Gasteiger partial charge in [-0.05, 0) is 6.42 Å². The fourth-order valence-corrected chi connectivity index (χ4v) is 0.997. The summed E-state index contributed by atoms with van der Waals surface area (Å²) in [6.45, 7) is 4.35. The minimum atomic E-state index is 0.202. The Morgan fingerprint density at radius 1 is 1.73 bits per heavy atom. The SMILES string of the molecule is CC(CO)COC1CCOC1. The van der Waals surface area contributed by atoms with Crippen LogP contribution >= 0.6 is 0 Å². The maximum atomic E-state index is 8.70. The van der Waals surface area contributed by atoms with Crippen LogP contribution in [0.2, 0.25) is 0 Å². The van der Waals surface area contributed by atoms with Gasteiger partial charge in [-0.15, -0.1) is 0 Å². The smallest absolute Gasteiger partial charge is 0.0830 e. The van der Waals surface area contributed by atoms with Crippen LogP contribution in [-0.2, 0) is 9.47 Å². The van der Waals surface area contributed by atoms with Crippen molar-refractivity contribution in [2.75, 3.05) is 26.4 Å². The molecular formula is C8H16O3. The van der Waals surface area contributed by atoms with Gasteiger partial charge in [-0.1, -0.05) is 6.92 Å². The Balaban J connectivity index is 2.01. The number of hydrogen-bond acceptors (Lipinski definition) is 3. The molecule has 1 N–H and O–H groups in total. The van der Waals surface area contributed by atoms with E-state index in [1.54, 1.807) is 0 Å². The van der Waals surface area contributed by atoms with Crippen molar-refractivity contribution in [3.05, 3.63) is 0 Å². The highest BCUT2D eigenvalue weighted by Crippen LogP contribution is 2.09. The molecule has 0 amide bonds. The van der Waals surface area contributed by atoms with Gasteiger partial charge in [-0.2, -0.15) is 0 Å². The Morgan fingerprint density at radius 3 is 3.09 bits per heavy atom. The van der Waals surface area contributed by atoms with Crippen LogP contribution in [0.25, 0.3) is 0 Å². The highest BCUT2D eigenvalue weighted by atomic mass is 16.5. The second-order valence-corrected chi connectivity index (χ2v) is 3.11. The van der Waals surface area contributed by atoms with E-state index in [1.165, 1.54) is 0 Å². The van der Waals surface area contributed by atoms with E-state index in [0.717, 1.165) is 19.6 Å². The molecule has 0 radical (unpaired) electrons. The second kappa shape index (κ2) is 4.70. The Morgan fingerprint density at radius 2 is 2.55 bits per heavy atom. The zero-order valence-electron chi connectivity index (χ0n) is 6.95. The van der Waals surface area contributed by atoms with Gasteiger partial charge in [0.05, 0.1) is 19.3 Å². The molecule has 0 aromatic heterocycles. The molecule has 0 bridgehead atoms. The van der Waals surface area contributed by atoms with E-state index in [1.807, 2.05) is 6.92 Å². The summed E-state index contributed by atoms with van der Waals surface area (Å²) in [7, 11) is 0. The Kier molecular flexibility index (Phi) is 3.83. The minimum absolute atomic E-state index is 0.202. The van der Waals surface area contributed by atoms with E-state index in [4.69, 9.17) is 14.6 Å². The van der Waals surface area contributed by atoms with Gasteiger partial charge < -0.3 is 14.6 Å². The van der Waals surface area contributed by atoms with Crippen LogP contribution in [0.3, 0.4) is 0 Å².